The predicted octanol–water partition coefficient (Wildman–Crippen LogP) is 17.1. The van der Waals surface area contributed by atoms with Crippen molar-refractivity contribution in [2.45, 2.75) is 26.2 Å². The first kappa shape index (κ1) is 42.3. The molecule has 0 saturated heterocycles. The number of hydrogen-bond acceptors (Lipinski definition) is 1. The van der Waals surface area contributed by atoms with Crippen LogP contribution in [0, 0.1) is 25.2 Å². The number of aryl methyl sites for hydroxylation is 2. The Hall–Kier alpha value is -8.35. The first-order chi connectivity index (χ1) is 32.8. The second-order valence-electron chi connectivity index (χ2n) is 17.1. The van der Waals surface area contributed by atoms with Crippen molar-refractivity contribution in [3.8, 4) is 62.0 Å². The molecule has 0 bridgehead atoms. The maximum atomic E-state index is 14.9. The van der Waals surface area contributed by atoms with Gasteiger partial charge in [-0.05, 0) is 125 Å². The maximum absolute atomic E-state index is 14.9. The van der Waals surface area contributed by atoms with Crippen LogP contribution in [-0.2, 0) is 12.4 Å². The van der Waals surface area contributed by atoms with Gasteiger partial charge in [-0.1, -0.05) is 121 Å². The highest BCUT2D eigenvalue weighted by Gasteiger charge is 2.38. The maximum Gasteiger partial charge on any atom is 0.417 e. The second-order valence-corrected chi connectivity index (χ2v) is 17.1. The van der Waals surface area contributed by atoms with Crippen LogP contribution in [-0.4, -0.2) is 9.13 Å². The lowest BCUT2D eigenvalue weighted by atomic mass is 9.92. The van der Waals surface area contributed by atoms with Gasteiger partial charge in [0.15, 0.2) is 0 Å². The molecular weight excluding hydrogens is 865 g/mol. The minimum absolute atomic E-state index is 0.0723. The van der Waals surface area contributed by atoms with E-state index < -0.39 is 29.0 Å². The first-order valence-corrected chi connectivity index (χ1v) is 21.9. The Morgan fingerprint density at radius 3 is 1.34 bits per heavy atom. The summed E-state index contributed by atoms with van der Waals surface area (Å²) in [5.41, 5.74) is 9.38. The summed E-state index contributed by atoms with van der Waals surface area (Å²) in [6.07, 6.45) is -10.1. The van der Waals surface area contributed by atoms with Gasteiger partial charge in [-0.25, -0.2) is 0 Å². The lowest BCUT2D eigenvalue weighted by Crippen LogP contribution is -2.12. The predicted molar refractivity (Wildman–Crippen MR) is 261 cm³/mol. The van der Waals surface area contributed by atoms with Gasteiger partial charge in [-0.2, -0.15) is 31.6 Å². The number of halogens is 6. The van der Waals surface area contributed by atoms with Crippen molar-refractivity contribution in [2.75, 3.05) is 0 Å². The number of hydrogen-bond donors (Lipinski definition) is 0. The normalized spacial score (nSPS) is 12.1. The van der Waals surface area contributed by atoms with Crippen LogP contribution in [0.5, 0.6) is 0 Å². The Labute approximate surface area is 387 Å². The molecule has 0 aliphatic carbocycles. The summed E-state index contributed by atoms with van der Waals surface area (Å²) >= 11 is 0. The zero-order valence-electron chi connectivity index (χ0n) is 36.5. The Kier molecular flexibility index (Phi) is 9.90. The van der Waals surface area contributed by atoms with Gasteiger partial charge in [-0.3, -0.25) is 0 Å². The summed E-state index contributed by atoms with van der Waals surface area (Å²) in [5.74, 6) is 0. The number of benzene rings is 9. The highest BCUT2D eigenvalue weighted by atomic mass is 19.4. The third-order valence-electron chi connectivity index (χ3n) is 13.1. The molecule has 0 N–H and O–H groups in total. The minimum atomic E-state index is -5.11. The van der Waals surface area contributed by atoms with Gasteiger partial charge < -0.3 is 9.13 Å². The summed E-state index contributed by atoms with van der Waals surface area (Å²) in [7, 11) is 0. The SMILES string of the molecule is Cc1ccccc1-c1ccc2c(c1)c1ccccc1n2-c1cc(C#N)ccc1-c1ccc(-c2ccc(C(F)(F)F)cc2C(F)(F)F)cc1-n1c2ccccc2c2cc(-c3ccccc3C)ccc21. The van der Waals surface area contributed by atoms with E-state index in [1.807, 2.05) is 109 Å². The van der Waals surface area contributed by atoms with E-state index in [0.29, 0.717) is 34.1 Å². The Bertz CT molecular complexity index is 3880. The number of alkyl halides is 6. The molecule has 9 heteroatoms. The van der Waals surface area contributed by atoms with Gasteiger partial charge in [0.25, 0.3) is 0 Å². The number of para-hydroxylation sites is 2. The van der Waals surface area contributed by atoms with Crippen LogP contribution in [0.1, 0.15) is 27.8 Å². The zero-order valence-corrected chi connectivity index (χ0v) is 36.5. The number of fused-ring (bicyclic) bond motifs is 6. The quantitative estimate of drug-likeness (QED) is 0.153. The van der Waals surface area contributed by atoms with Crippen molar-refractivity contribution in [3.63, 3.8) is 0 Å². The van der Waals surface area contributed by atoms with Gasteiger partial charge in [0, 0.05) is 32.7 Å². The van der Waals surface area contributed by atoms with Crippen molar-refractivity contribution in [1.29, 1.82) is 5.26 Å². The molecule has 9 aromatic carbocycles. The Balaban J connectivity index is 1.23. The fourth-order valence-electron chi connectivity index (χ4n) is 9.93. The molecular formula is C59H37F6N3. The van der Waals surface area contributed by atoms with Crippen LogP contribution < -0.4 is 0 Å². The summed E-state index contributed by atoms with van der Waals surface area (Å²) in [6, 6.07) is 59.0. The molecule has 0 spiro atoms. The van der Waals surface area contributed by atoms with Crippen LogP contribution in [0.2, 0.25) is 0 Å². The number of rotatable bonds is 6. The molecule has 0 radical (unpaired) electrons. The molecule has 0 amide bonds. The Morgan fingerprint density at radius 2 is 0.824 bits per heavy atom. The van der Waals surface area contributed by atoms with Crippen LogP contribution in [0.3, 0.4) is 0 Å². The molecule has 0 aliphatic rings. The molecule has 3 nitrogen and oxygen atoms in total. The van der Waals surface area contributed by atoms with E-state index in [1.165, 1.54) is 6.07 Å². The van der Waals surface area contributed by atoms with E-state index >= 15 is 0 Å². The molecule has 0 atom stereocenters. The molecule has 330 valence electrons. The standard InChI is InChI=1S/C59H37F6N3/c1-35-11-3-5-13-42(35)38-21-27-54-49(30-38)45-15-7-9-17-52(45)67(54)56-29-37(34-66)19-24-47(56)48-25-20-40(44-26-23-41(58(60,61)62)33-51(44)59(63,64)65)32-57(48)68-53-18-10-8-16-46(53)50-31-39(22-28-55(50)68)43-14-6-4-12-36(43)2/h3-33H,1-2H3. The van der Waals surface area contributed by atoms with Gasteiger partial charge in [0.05, 0.1) is 56.2 Å². The lowest BCUT2D eigenvalue weighted by molar-refractivity contribution is -0.142. The second kappa shape index (κ2) is 15.9. The third kappa shape index (κ3) is 6.99. The topological polar surface area (TPSA) is 33.6 Å². The van der Waals surface area contributed by atoms with Crippen LogP contribution in [0.25, 0.3) is 99.5 Å². The van der Waals surface area contributed by atoms with Gasteiger partial charge >= 0.3 is 12.4 Å². The van der Waals surface area contributed by atoms with Gasteiger partial charge in [-0.15, -0.1) is 0 Å². The highest BCUT2D eigenvalue weighted by Crippen LogP contribution is 2.46. The average Bonchev–Trinajstić information content (AvgIpc) is 3.85. The molecule has 11 aromatic rings. The lowest BCUT2D eigenvalue weighted by Gasteiger charge is -2.21. The fourth-order valence-corrected chi connectivity index (χ4v) is 9.93. The molecule has 0 saturated carbocycles. The van der Waals surface area contributed by atoms with E-state index in [2.05, 4.69) is 66.1 Å². The van der Waals surface area contributed by atoms with Crippen molar-refractivity contribution in [1.82, 2.24) is 9.13 Å². The summed E-state index contributed by atoms with van der Waals surface area (Å²) in [6.45, 7) is 4.12. The molecule has 0 fully saturated rings. The molecule has 68 heavy (non-hydrogen) atoms. The van der Waals surface area contributed by atoms with E-state index in [1.54, 1.807) is 18.2 Å². The monoisotopic (exact) mass is 901 g/mol. The zero-order chi connectivity index (χ0) is 47.1. The van der Waals surface area contributed by atoms with Crippen LogP contribution in [0.15, 0.2) is 188 Å². The van der Waals surface area contributed by atoms with E-state index in [4.69, 9.17) is 0 Å². The molecule has 0 unspecified atom stereocenters. The van der Waals surface area contributed by atoms with Crippen molar-refractivity contribution in [2.24, 2.45) is 0 Å². The summed E-state index contributed by atoms with van der Waals surface area (Å²) in [4.78, 5) is 0. The fraction of sp³-hybridized carbons (Fsp3) is 0.0678. The first-order valence-electron chi connectivity index (χ1n) is 21.9. The molecule has 2 heterocycles. The smallest absolute Gasteiger partial charge is 0.309 e. The van der Waals surface area contributed by atoms with Gasteiger partial charge in [0.2, 0.25) is 0 Å². The van der Waals surface area contributed by atoms with Crippen LogP contribution >= 0.6 is 0 Å². The third-order valence-corrected chi connectivity index (χ3v) is 13.1. The van der Waals surface area contributed by atoms with Crippen molar-refractivity contribution < 1.29 is 26.3 Å². The van der Waals surface area contributed by atoms with Crippen molar-refractivity contribution in [3.05, 3.63) is 216 Å². The molecule has 0 aliphatic heterocycles. The highest BCUT2D eigenvalue weighted by molar-refractivity contribution is 6.13. The largest absolute Gasteiger partial charge is 0.417 e. The number of nitrogens with zero attached hydrogens (tertiary/aromatic N) is 3. The van der Waals surface area contributed by atoms with Gasteiger partial charge in [0.1, 0.15) is 0 Å². The Morgan fingerprint density at radius 1 is 0.382 bits per heavy atom. The van der Waals surface area contributed by atoms with E-state index in [0.717, 1.165) is 83.1 Å². The van der Waals surface area contributed by atoms with Crippen LogP contribution in [0.4, 0.5) is 26.3 Å². The minimum Gasteiger partial charge on any atom is -0.309 e. The number of aromatic nitrogens is 2. The van der Waals surface area contributed by atoms with E-state index in [-0.39, 0.29) is 11.6 Å². The summed E-state index contributed by atoms with van der Waals surface area (Å²) in [5, 5.41) is 14.2. The van der Waals surface area contributed by atoms with E-state index in [9.17, 15) is 31.6 Å². The summed E-state index contributed by atoms with van der Waals surface area (Å²) < 4.78 is 90.8. The average molecular weight is 902 g/mol. The molecule has 11 rings (SSSR count). The molecule has 2 aromatic heterocycles. The van der Waals surface area contributed by atoms with Crippen molar-refractivity contribution >= 4 is 43.6 Å². The number of nitriles is 1.